The van der Waals surface area contributed by atoms with Crippen molar-refractivity contribution in [3.05, 3.63) is 51.1 Å². The fraction of sp³-hybridized carbons (Fsp3) is 0.565. The Morgan fingerprint density at radius 3 is 2.68 bits per heavy atom. The summed E-state index contributed by atoms with van der Waals surface area (Å²) in [6.45, 7) is 13.0. The number of ether oxygens (including phenoxy) is 1. The number of H-pyrrole nitrogens is 1. The van der Waals surface area contributed by atoms with Crippen LogP contribution in [-0.4, -0.2) is 49.3 Å². The molecule has 0 unspecified atom stereocenters. The highest BCUT2D eigenvalue weighted by atomic mass is 16.5. The van der Waals surface area contributed by atoms with Crippen molar-refractivity contribution in [1.82, 2.24) is 30.1 Å². The van der Waals surface area contributed by atoms with Gasteiger partial charge in [0.15, 0.2) is 5.82 Å². The summed E-state index contributed by atoms with van der Waals surface area (Å²) < 4.78 is 7.73. The molecule has 3 aromatic rings. The Kier molecular flexibility index (Phi) is 5.94. The second kappa shape index (κ2) is 8.51. The smallest absolute Gasteiger partial charge is 0.252 e. The summed E-state index contributed by atoms with van der Waals surface area (Å²) in [5, 5.41) is 13.4. The zero-order valence-electron chi connectivity index (χ0n) is 19.1. The number of nitrogens with zero attached hydrogens (tertiary/aromatic N) is 5. The van der Waals surface area contributed by atoms with Gasteiger partial charge in [-0.25, -0.2) is 4.68 Å². The van der Waals surface area contributed by atoms with Gasteiger partial charge in [0.05, 0.1) is 18.2 Å². The SMILES string of the molecule is Cc1cc2cc(CN(Cc3nnnn3C(C)(C)C)C[C@@H]3CCCO3)c(=O)[nH]c2cc1C. The van der Waals surface area contributed by atoms with Crippen molar-refractivity contribution < 1.29 is 4.74 Å². The largest absolute Gasteiger partial charge is 0.377 e. The molecule has 0 saturated carbocycles. The number of pyridine rings is 1. The molecule has 0 aliphatic carbocycles. The average Bonchev–Trinajstić information content (AvgIpc) is 3.35. The minimum atomic E-state index is -0.218. The first-order valence-electron chi connectivity index (χ1n) is 11.0. The van der Waals surface area contributed by atoms with Crippen molar-refractivity contribution in [1.29, 1.82) is 0 Å². The molecular formula is C23H32N6O2. The van der Waals surface area contributed by atoms with Crippen LogP contribution in [0.5, 0.6) is 0 Å². The minimum absolute atomic E-state index is 0.0523. The van der Waals surface area contributed by atoms with Crippen LogP contribution in [0.1, 0.15) is 56.1 Å². The van der Waals surface area contributed by atoms with Crippen molar-refractivity contribution >= 4 is 10.9 Å². The summed E-state index contributed by atoms with van der Waals surface area (Å²) in [6, 6.07) is 6.18. The molecule has 0 amide bonds. The Labute approximate surface area is 182 Å². The zero-order valence-corrected chi connectivity index (χ0v) is 19.1. The lowest BCUT2D eigenvalue weighted by Gasteiger charge is -2.26. The molecule has 1 fully saturated rings. The summed E-state index contributed by atoms with van der Waals surface area (Å²) in [6.07, 6.45) is 2.28. The van der Waals surface area contributed by atoms with E-state index >= 15 is 0 Å². The van der Waals surface area contributed by atoms with Crippen LogP contribution in [0.2, 0.25) is 0 Å². The van der Waals surface area contributed by atoms with Gasteiger partial charge < -0.3 is 9.72 Å². The molecule has 0 spiro atoms. The van der Waals surface area contributed by atoms with Gasteiger partial charge in [0.25, 0.3) is 5.56 Å². The Morgan fingerprint density at radius 2 is 1.97 bits per heavy atom. The van der Waals surface area contributed by atoms with E-state index in [-0.39, 0.29) is 17.2 Å². The monoisotopic (exact) mass is 424 g/mol. The van der Waals surface area contributed by atoms with Crippen LogP contribution >= 0.6 is 0 Å². The third-order valence-electron chi connectivity index (χ3n) is 5.95. The van der Waals surface area contributed by atoms with Gasteiger partial charge in [-0.1, -0.05) is 0 Å². The molecule has 1 aliphatic rings. The number of fused-ring (bicyclic) bond motifs is 1. The molecule has 2 aromatic heterocycles. The number of benzene rings is 1. The number of tetrazole rings is 1. The fourth-order valence-corrected chi connectivity index (χ4v) is 4.17. The van der Waals surface area contributed by atoms with Gasteiger partial charge in [-0.2, -0.15) is 0 Å². The van der Waals surface area contributed by atoms with Gasteiger partial charge >= 0.3 is 0 Å². The van der Waals surface area contributed by atoms with Crippen LogP contribution in [0.3, 0.4) is 0 Å². The predicted molar refractivity (Wildman–Crippen MR) is 120 cm³/mol. The van der Waals surface area contributed by atoms with E-state index < -0.39 is 0 Å². The highest BCUT2D eigenvalue weighted by molar-refractivity contribution is 5.80. The maximum absolute atomic E-state index is 12.9. The Bertz CT molecular complexity index is 1120. The second-order valence-corrected chi connectivity index (χ2v) is 9.63. The average molecular weight is 425 g/mol. The number of hydrogen-bond donors (Lipinski definition) is 1. The molecule has 1 atom stereocenters. The standard InChI is InChI=1S/C23H32N6O2/c1-15-9-17-11-18(22(30)24-20(17)10-16(15)2)12-28(13-19-7-6-8-31-19)14-21-25-26-27-29(21)23(3,4)5/h9-11,19H,6-8,12-14H2,1-5H3,(H,24,30)/t19-/m0/s1. The molecule has 1 saturated heterocycles. The molecule has 3 heterocycles. The van der Waals surface area contributed by atoms with E-state index in [4.69, 9.17) is 4.74 Å². The molecule has 0 radical (unpaired) electrons. The summed E-state index contributed by atoms with van der Waals surface area (Å²) in [5.41, 5.74) is 3.73. The van der Waals surface area contributed by atoms with Gasteiger partial charge in [-0.15, -0.1) is 5.10 Å². The Morgan fingerprint density at radius 1 is 1.19 bits per heavy atom. The van der Waals surface area contributed by atoms with E-state index in [2.05, 4.69) is 66.1 Å². The first-order chi connectivity index (χ1) is 14.7. The lowest BCUT2D eigenvalue weighted by atomic mass is 10.0. The third kappa shape index (κ3) is 4.85. The van der Waals surface area contributed by atoms with Gasteiger partial charge in [-0.05, 0) is 92.6 Å². The quantitative estimate of drug-likeness (QED) is 0.654. The summed E-state index contributed by atoms with van der Waals surface area (Å²) in [7, 11) is 0. The van der Waals surface area contributed by atoms with Crippen molar-refractivity contribution in [2.45, 2.75) is 72.2 Å². The van der Waals surface area contributed by atoms with E-state index in [9.17, 15) is 4.79 Å². The van der Waals surface area contributed by atoms with Crippen molar-refractivity contribution in [2.24, 2.45) is 0 Å². The number of aromatic nitrogens is 5. The number of nitrogens with one attached hydrogen (secondary N) is 1. The molecule has 8 heteroatoms. The summed E-state index contributed by atoms with van der Waals surface area (Å²) in [5.74, 6) is 0.786. The first-order valence-corrected chi connectivity index (χ1v) is 11.0. The van der Waals surface area contributed by atoms with E-state index in [1.807, 2.05) is 16.8 Å². The third-order valence-corrected chi connectivity index (χ3v) is 5.95. The molecule has 166 valence electrons. The molecular weight excluding hydrogens is 392 g/mol. The van der Waals surface area contributed by atoms with Crippen LogP contribution in [0, 0.1) is 13.8 Å². The summed E-state index contributed by atoms with van der Waals surface area (Å²) in [4.78, 5) is 18.2. The number of rotatable bonds is 6. The van der Waals surface area contributed by atoms with Crippen LogP contribution in [-0.2, 0) is 23.4 Å². The van der Waals surface area contributed by atoms with Crippen LogP contribution in [0.25, 0.3) is 10.9 Å². The Balaban J connectivity index is 1.64. The van der Waals surface area contributed by atoms with Gasteiger partial charge in [-0.3, -0.25) is 9.69 Å². The number of aryl methyl sites for hydroxylation is 2. The van der Waals surface area contributed by atoms with E-state index in [1.165, 1.54) is 11.1 Å². The molecule has 8 nitrogen and oxygen atoms in total. The normalized spacial score (nSPS) is 17.2. The van der Waals surface area contributed by atoms with E-state index in [0.717, 1.165) is 48.3 Å². The Hall–Kier alpha value is -2.58. The number of aromatic amines is 1. The topological polar surface area (TPSA) is 88.9 Å². The van der Waals surface area contributed by atoms with Gasteiger partial charge in [0.1, 0.15) is 0 Å². The van der Waals surface area contributed by atoms with Crippen molar-refractivity contribution in [2.75, 3.05) is 13.2 Å². The van der Waals surface area contributed by atoms with E-state index in [1.54, 1.807) is 0 Å². The highest BCUT2D eigenvalue weighted by Gasteiger charge is 2.25. The van der Waals surface area contributed by atoms with Crippen LogP contribution < -0.4 is 5.56 Å². The fourth-order valence-electron chi connectivity index (χ4n) is 4.17. The first kappa shape index (κ1) is 21.6. The van der Waals surface area contributed by atoms with Gasteiger partial charge in [0.2, 0.25) is 0 Å². The van der Waals surface area contributed by atoms with Crippen LogP contribution in [0.4, 0.5) is 0 Å². The predicted octanol–water partition coefficient (Wildman–Crippen LogP) is 3.07. The molecule has 31 heavy (non-hydrogen) atoms. The highest BCUT2D eigenvalue weighted by Crippen LogP contribution is 2.21. The van der Waals surface area contributed by atoms with Crippen molar-refractivity contribution in [3.63, 3.8) is 0 Å². The molecule has 1 N–H and O–H groups in total. The minimum Gasteiger partial charge on any atom is -0.377 e. The molecule has 1 aromatic carbocycles. The molecule has 1 aliphatic heterocycles. The summed E-state index contributed by atoms with van der Waals surface area (Å²) >= 11 is 0. The second-order valence-electron chi connectivity index (χ2n) is 9.63. The zero-order chi connectivity index (χ0) is 22.2. The molecule has 0 bridgehead atoms. The van der Waals surface area contributed by atoms with E-state index in [0.29, 0.717) is 13.1 Å². The number of hydrogen-bond acceptors (Lipinski definition) is 6. The molecule has 4 rings (SSSR count). The lowest BCUT2D eigenvalue weighted by molar-refractivity contribution is 0.0657. The van der Waals surface area contributed by atoms with Crippen LogP contribution in [0.15, 0.2) is 23.0 Å². The lowest BCUT2D eigenvalue weighted by Crippen LogP contribution is -2.35. The maximum atomic E-state index is 12.9. The maximum Gasteiger partial charge on any atom is 0.252 e. The van der Waals surface area contributed by atoms with Crippen molar-refractivity contribution in [3.8, 4) is 0 Å². The van der Waals surface area contributed by atoms with Gasteiger partial charge in [0, 0.05) is 30.8 Å².